The highest BCUT2D eigenvalue weighted by Gasteiger charge is 2.26. The van der Waals surface area contributed by atoms with Crippen molar-refractivity contribution in [3.05, 3.63) is 23.8 Å². The van der Waals surface area contributed by atoms with Crippen LogP contribution in [0.5, 0.6) is 0 Å². The number of nitrogens with zero attached hydrogens (tertiary/aromatic N) is 3. The van der Waals surface area contributed by atoms with Gasteiger partial charge in [0, 0.05) is 13.2 Å². The summed E-state index contributed by atoms with van der Waals surface area (Å²) in [5.74, 6) is 1.18. The summed E-state index contributed by atoms with van der Waals surface area (Å²) in [6.45, 7) is 5.87. The van der Waals surface area contributed by atoms with Crippen molar-refractivity contribution < 1.29 is 13.2 Å². The van der Waals surface area contributed by atoms with Crippen LogP contribution in [0.15, 0.2) is 12.3 Å². The molecule has 0 amide bonds. The van der Waals surface area contributed by atoms with Crippen molar-refractivity contribution in [1.82, 2.24) is 19.3 Å². The minimum atomic E-state index is -3.42. The van der Waals surface area contributed by atoms with Crippen LogP contribution < -0.4 is 0 Å². The fraction of sp³-hybridized carbons (Fsp3) is 0.632. The zero-order valence-corrected chi connectivity index (χ0v) is 17.4. The normalized spacial score (nSPS) is 13.6. The number of H-pyrrole nitrogens is 1. The minimum Gasteiger partial charge on any atom is -0.342 e. The zero-order chi connectivity index (χ0) is 20.0. The summed E-state index contributed by atoms with van der Waals surface area (Å²) >= 11 is 0. The smallest absolute Gasteiger partial charge is 0.214 e. The standard InChI is InChI=1S/C19H30N4O3S/c1-14(2)12-16(13-24)23(4)27(25,26)11-7-5-6-8-17-19-18(9-10-20-17)21-15(3)22-19/h9-10,13-14,16H,5-8,11-12H2,1-4H3,(H,21,22)/t16-/m0/s1. The van der Waals surface area contributed by atoms with Gasteiger partial charge < -0.3 is 9.78 Å². The summed E-state index contributed by atoms with van der Waals surface area (Å²) < 4.78 is 26.2. The largest absolute Gasteiger partial charge is 0.342 e. The zero-order valence-electron chi connectivity index (χ0n) is 16.6. The Kier molecular flexibility index (Phi) is 7.49. The van der Waals surface area contributed by atoms with Gasteiger partial charge >= 0.3 is 0 Å². The molecule has 0 fully saturated rings. The first-order valence-corrected chi connectivity index (χ1v) is 11.1. The lowest BCUT2D eigenvalue weighted by Gasteiger charge is -2.24. The van der Waals surface area contributed by atoms with Gasteiger partial charge in [-0.25, -0.2) is 13.4 Å². The number of carbonyl (C=O) groups is 1. The van der Waals surface area contributed by atoms with E-state index in [4.69, 9.17) is 0 Å². The van der Waals surface area contributed by atoms with Gasteiger partial charge in [-0.2, -0.15) is 4.31 Å². The van der Waals surface area contributed by atoms with Crippen LogP contribution in [0.4, 0.5) is 0 Å². The molecular formula is C19H30N4O3S. The summed E-state index contributed by atoms with van der Waals surface area (Å²) in [6, 6.07) is 1.32. The second kappa shape index (κ2) is 9.41. The van der Waals surface area contributed by atoms with Gasteiger partial charge in [-0.05, 0) is 44.6 Å². The highest BCUT2D eigenvalue weighted by Crippen LogP contribution is 2.17. The Morgan fingerprint density at radius 3 is 2.67 bits per heavy atom. The number of nitrogens with one attached hydrogen (secondary N) is 1. The minimum absolute atomic E-state index is 0.0606. The Balaban J connectivity index is 1.84. The molecule has 2 aromatic heterocycles. The lowest BCUT2D eigenvalue weighted by Crippen LogP contribution is -2.40. The Hall–Kier alpha value is -1.80. The third kappa shape index (κ3) is 5.84. The molecule has 2 aromatic rings. The molecular weight excluding hydrogens is 364 g/mol. The average Bonchev–Trinajstić information content (AvgIpc) is 2.99. The van der Waals surface area contributed by atoms with E-state index < -0.39 is 16.1 Å². The molecule has 1 atom stereocenters. The van der Waals surface area contributed by atoms with E-state index >= 15 is 0 Å². The number of aromatic nitrogens is 3. The van der Waals surface area contributed by atoms with Crippen molar-refractivity contribution in [2.75, 3.05) is 12.8 Å². The molecule has 0 aliphatic heterocycles. The summed E-state index contributed by atoms with van der Waals surface area (Å²) in [5, 5.41) is 0. The molecule has 0 spiro atoms. The Bertz CT molecular complexity index is 861. The van der Waals surface area contributed by atoms with Crippen molar-refractivity contribution in [2.45, 2.75) is 58.9 Å². The Morgan fingerprint density at radius 1 is 1.26 bits per heavy atom. The van der Waals surface area contributed by atoms with Crippen LogP contribution in [0.2, 0.25) is 0 Å². The Morgan fingerprint density at radius 2 is 2.00 bits per heavy atom. The van der Waals surface area contributed by atoms with Gasteiger partial charge in [0.25, 0.3) is 0 Å². The molecule has 27 heavy (non-hydrogen) atoms. The molecule has 0 aromatic carbocycles. The molecule has 0 unspecified atom stereocenters. The molecule has 8 heteroatoms. The first kappa shape index (κ1) is 21.5. The number of pyridine rings is 1. The van der Waals surface area contributed by atoms with Crippen LogP contribution in [0.3, 0.4) is 0 Å². The van der Waals surface area contributed by atoms with E-state index in [1.54, 1.807) is 6.20 Å². The van der Waals surface area contributed by atoms with E-state index in [2.05, 4.69) is 15.0 Å². The maximum absolute atomic E-state index is 12.5. The number of imidazole rings is 1. The molecule has 0 bridgehead atoms. The van der Waals surface area contributed by atoms with Crippen molar-refractivity contribution in [2.24, 2.45) is 5.92 Å². The van der Waals surface area contributed by atoms with Crippen LogP contribution >= 0.6 is 0 Å². The number of rotatable bonds is 11. The maximum atomic E-state index is 12.5. The summed E-state index contributed by atoms with van der Waals surface area (Å²) in [7, 11) is -1.92. The summed E-state index contributed by atoms with van der Waals surface area (Å²) in [4.78, 5) is 23.3. The third-order valence-corrected chi connectivity index (χ3v) is 6.64. The van der Waals surface area contributed by atoms with Gasteiger partial charge in [0.1, 0.15) is 17.6 Å². The number of aryl methyl sites for hydroxylation is 2. The summed E-state index contributed by atoms with van der Waals surface area (Å²) in [5.41, 5.74) is 2.81. The van der Waals surface area contributed by atoms with Crippen LogP contribution in [0, 0.1) is 12.8 Å². The quantitative estimate of drug-likeness (QED) is 0.467. The highest BCUT2D eigenvalue weighted by atomic mass is 32.2. The SMILES string of the molecule is Cc1nc2c(CCCCCS(=O)(=O)N(C)[C@H](C=O)CC(C)C)nccc2[nH]1. The van der Waals surface area contributed by atoms with Crippen molar-refractivity contribution >= 4 is 27.3 Å². The van der Waals surface area contributed by atoms with Crippen LogP contribution in [-0.4, -0.2) is 52.8 Å². The molecule has 0 radical (unpaired) electrons. The number of carbonyl (C=O) groups excluding carboxylic acids is 1. The lowest BCUT2D eigenvalue weighted by molar-refractivity contribution is -0.111. The topological polar surface area (TPSA) is 96.0 Å². The highest BCUT2D eigenvalue weighted by molar-refractivity contribution is 7.89. The van der Waals surface area contributed by atoms with Crippen molar-refractivity contribution in [3.63, 3.8) is 0 Å². The number of unbranched alkanes of at least 4 members (excludes halogenated alkanes) is 2. The van der Waals surface area contributed by atoms with Crippen LogP contribution in [0.25, 0.3) is 11.0 Å². The van der Waals surface area contributed by atoms with E-state index in [-0.39, 0.29) is 11.7 Å². The van der Waals surface area contributed by atoms with E-state index in [1.807, 2.05) is 26.8 Å². The second-order valence-corrected chi connectivity index (χ2v) is 9.60. The van der Waals surface area contributed by atoms with E-state index in [0.29, 0.717) is 12.8 Å². The first-order valence-electron chi connectivity index (χ1n) is 9.45. The molecule has 7 nitrogen and oxygen atoms in total. The molecule has 0 saturated carbocycles. The molecule has 0 aliphatic carbocycles. The van der Waals surface area contributed by atoms with Gasteiger partial charge in [0.15, 0.2) is 0 Å². The van der Waals surface area contributed by atoms with Gasteiger partial charge in [-0.3, -0.25) is 4.98 Å². The van der Waals surface area contributed by atoms with E-state index in [0.717, 1.165) is 48.1 Å². The van der Waals surface area contributed by atoms with Gasteiger partial charge in [0.2, 0.25) is 10.0 Å². The molecule has 1 N–H and O–H groups in total. The van der Waals surface area contributed by atoms with Crippen LogP contribution in [0.1, 0.15) is 51.0 Å². The second-order valence-electron chi connectivity index (χ2n) is 7.45. The number of hydrogen-bond donors (Lipinski definition) is 1. The summed E-state index contributed by atoms with van der Waals surface area (Å²) in [6.07, 6.45) is 6.00. The predicted octanol–water partition coefficient (Wildman–Crippen LogP) is 2.85. The number of aldehydes is 1. The fourth-order valence-corrected chi connectivity index (χ4v) is 4.58. The molecule has 0 aliphatic rings. The van der Waals surface area contributed by atoms with Gasteiger partial charge in [-0.15, -0.1) is 0 Å². The van der Waals surface area contributed by atoms with Crippen LogP contribution in [-0.2, 0) is 21.2 Å². The number of fused-ring (bicyclic) bond motifs is 1. The molecule has 150 valence electrons. The van der Waals surface area contributed by atoms with E-state index in [9.17, 15) is 13.2 Å². The number of aromatic amines is 1. The predicted molar refractivity (Wildman–Crippen MR) is 107 cm³/mol. The average molecular weight is 395 g/mol. The lowest BCUT2D eigenvalue weighted by atomic mass is 10.1. The molecule has 2 heterocycles. The number of likely N-dealkylation sites (N-methyl/N-ethyl adjacent to an activating group) is 1. The van der Waals surface area contributed by atoms with Gasteiger partial charge in [0.05, 0.1) is 23.0 Å². The third-order valence-electron chi connectivity index (χ3n) is 4.69. The number of sulfonamides is 1. The number of hydrogen-bond acceptors (Lipinski definition) is 5. The molecule has 0 saturated heterocycles. The van der Waals surface area contributed by atoms with E-state index in [1.165, 1.54) is 11.4 Å². The molecule has 2 rings (SSSR count). The monoisotopic (exact) mass is 394 g/mol. The van der Waals surface area contributed by atoms with Crippen molar-refractivity contribution in [1.29, 1.82) is 0 Å². The maximum Gasteiger partial charge on any atom is 0.214 e. The van der Waals surface area contributed by atoms with Crippen molar-refractivity contribution in [3.8, 4) is 0 Å². The first-order chi connectivity index (χ1) is 12.7. The Labute approximate surface area is 161 Å². The van der Waals surface area contributed by atoms with Gasteiger partial charge in [-0.1, -0.05) is 20.3 Å². The fourth-order valence-electron chi connectivity index (χ4n) is 3.17.